The number of aliphatic carboxylic acids is 2. The zero-order chi connectivity index (χ0) is 37.1. The highest BCUT2D eigenvalue weighted by atomic mass is 16.6. The van der Waals surface area contributed by atoms with Crippen molar-refractivity contribution >= 4 is 23.3 Å². The van der Waals surface area contributed by atoms with Crippen LogP contribution in [0.25, 0.3) is 0 Å². The lowest BCUT2D eigenvalue weighted by molar-refractivity contribution is -0.395. The summed E-state index contributed by atoms with van der Waals surface area (Å²) >= 11 is 0. The van der Waals surface area contributed by atoms with Gasteiger partial charge in [0.15, 0.2) is 0 Å². The third kappa shape index (κ3) is 8.99. The molecule has 274 valence electrons. The predicted molar refractivity (Wildman–Crippen MR) is 190 cm³/mol. The number of benzene rings is 1. The maximum absolute atomic E-state index is 13.3. The number of allylic oxidation sites excluding steroid dienone is 2. The third-order valence-electron chi connectivity index (χ3n) is 9.91. The van der Waals surface area contributed by atoms with Crippen LogP contribution >= 0.6 is 0 Å². The van der Waals surface area contributed by atoms with Crippen LogP contribution in [0.1, 0.15) is 143 Å². The Hall–Kier alpha value is -3.96. The van der Waals surface area contributed by atoms with E-state index < -0.39 is 44.5 Å². The molecule has 49 heavy (non-hydrogen) atoms. The predicted octanol–water partition coefficient (Wildman–Crippen LogP) is 9.48. The second kappa shape index (κ2) is 18.7. The molecule has 1 aliphatic rings. The van der Waals surface area contributed by atoms with Crippen LogP contribution in [0.2, 0.25) is 0 Å². The van der Waals surface area contributed by atoms with Crippen LogP contribution < -0.4 is 4.74 Å². The Bertz CT molecular complexity index is 1390. The fourth-order valence-corrected chi connectivity index (χ4v) is 7.90. The van der Waals surface area contributed by atoms with Crippen molar-refractivity contribution in [2.75, 3.05) is 7.11 Å². The van der Waals surface area contributed by atoms with Crippen LogP contribution in [0, 0.1) is 26.1 Å². The lowest BCUT2D eigenvalue weighted by Crippen LogP contribution is -2.50. The molecule has 1 aliphatic heterocycles. The van der Waals surface area contributed by atoms with Crippen molar-refractivity contribution < 1.29 is 34.4 Å². The number of methoxy groups -OCH3 is 1. The van der Waals surface area contributed by atoms with E-state index in [4.69, 9.17) is 4.74 Å². The zero-order valence-corrected chi connectivity index (χ0v) is 30.7. The number of unbranched alkanes of at least 4 members (excludes halogenated alkanes) is 12. The summed E-state index contributed by atoms with van der Waals surface area (Å²) in [5.41, 5.74) is -3.51. The molecule has 0 fully saturated rings. The fourth-order valence-electron chi connectivity index (χ4n) is 7.90. The monoisotopic (exact) mass is 687 g/mol. The number of carboxylic acid groups (broad SMARTS) is 2. The first-order valence-corrected chi connectivity index (χ1v) is 17.8. The van der Waals surface area contributed by atoms with E-state index in [-0.39, 0.29) is 51.9 Å². The molecule has 0 aliphatic carbocycles. The molecule has 0 spiro atoms. The van der Waals surface area contributed by atoms with Crippen LogP contribution in [0.3, 0.4) is 0 Å². The Labute approximate surface area is 290 Å². The molecule has 0 amide bonds. The van der Waals surface area contributed by atoms with Gasteiger partial charge in [-0.2, -0.15) is 0 Å². The zero-order valence-electron chi connectivity index (χ0n) is 30.7. The Kier molecular flexibility index (Phi) is 15.7. The number of hydrogen-bond donors (Lipinski definition) is 2. The van der Waals surface area contributed by atoms with E-state index in [0.29, 0.717) is 6.42 Å². The number of nitrogens with zero attached hydrogens (tertiary/aromatic N) is 3. The van der Waals surface area contributed by atoms with Crippen molar-refractivity contribution in [1.82, 2.24) is 4.90 Å². The largest absolute Gasteiger partial charge is 0.490 e. The average Bonchev–Trinajstić information content (AvgIpc) is 3.01. The van der Waals surface area contributed by atoms with Gasteiger partial charge >= 0.3 is 17.6 Å². The molecule has 0 saturated heterocycles. The molecular weight excluding hydrogens is 630 g/mol. The molecular formula is C37H57N3O9. The van der Waals surface area contributed by atoms with E-state index in [1.54, 1.807) is 46.4 Å². The van der Waals surface area contributed by atoms with Crippen LogP contribution in [0.5, 0.6) is 5.75 Å². The molecule has 2 rings (SSSR count). The second-order valence-corrected chi connectivity index (χ2v) is 13.8. The molecule has 1 aromatic rings. The minimum atomic E-state index is -2.04. The van der Waals surface area contributed by atoms with E-state index in [1.165, 1.54) is 52.1 Å². The molecule has 12 nitrogen and oxygen atoms in total. The van der Waals surface area contributed by atoms with Gasteiger partial charge in [-0.3, -0.25) is 20.2 Å². The first kappa shape index (κ1) is 41.2. The van der Waals surface area contributed by atoms with E-state index in [1.807, 2.05) is 0 Å². The maximum Gasteiger partial charge on any atom is 0.334 e. The molecule has 1 aromatic carbocycles. The highest BCUT2D eigenvalue weighted by Crippen LogP contribution is 2.58. The molecule has 0 atom stereocenters. The molecule has 0 bridgehead atoms. The summed E-state index contributed by atoms with van der Waals surface area (Å²) in [5.74, 6) is -4.05. The normalized spacial score (nSPS) is 14.6. The number of hydrogen-bond acceptors (Lipinski definition) is 8. The van der Waals surface area contributed by atoms with Crippen molar-refractivity contribution in [2.45, 2.75) is 150 Å². The Morgan fingerprint density at radius 1 is 0.776 bits per heavy atom. The van der Waals surface area contributed by atoms with Gasteiger partial charge in [-0.15, -0.1) is 0 Å². The number of rotatable bonds is 22. The summed E-state index contributed by atoms with van der Waals surface area (Å²) in [6.07, 6.45) is 14.3. The smallest absolute Gasteiger partial charge is 0.334 e. The van der Waals surface area contributed by atoms with Crippen molar-refractivity contribution in [3.8, 4) is 5.75 Å². The Balaban J connectivity index is 2.70. The SMILES string of the molecule is CCCCCCCCCCCCCCCc1c([N+](=O)[O-])cc([N+](=O)[O-])c(OC)c1C1(C(C)C)C(C(=O)O)=C(C)N(C(C)C)C(C)=C1C(=O)O. The van der Waals surface area contributed by atoms with Gasteiger partial charge in [-0.25, -0.2) is 9.59 Å². The Morgan fingerprint density at radius 2 is 1.18 bits per heavy atom. The molecule has 0 aromatic heterocycles. The first-order valence-electron chi connectivity index (χ1n) is 17.8. The molecule has 0 saturated carbocycles. The number of ether oxygens (including phenoxy) is 1. The minimum Gasteiger partial charge on any atom is -0.490 e. The Morgan fingerprint density at radius 3 is 1.51 bits per heavy atom. The lowest BCUT2D eigenvalue weighted by atomic mass is 9.57. The van der Waals surface area contributed by atoms with E-state index in [9.17, 15) is 40.0 Å². The maximum atomic E-state index is 13.3. The molecule has 2 N–H and O–H groups in total. The quantitative estimate of drug-likeness (QED) is 0.0679. The third-order valence-corrected chi connectivity index (χ3v) is 9.91. The summed E-state index contributed by atoms with van der Waals surface area (Å²) < 4.78 is 5.65. The lowest BCUT2D eigenvalue weighted by Gasteiger charge is -2.49. The van der Waals surface area contributed by atoms with Gasteiger partial charge in [-0.05, 0) is 46.5 Å². The summed E-state index contributed by atoms with van der Waals surface area (Å²) in [4.78, 5) is 51.8. The van der Waals surface area contributed by atoms with Crippen molar-refractivity contribution in [2.24, 2.45) is 5.92 Å². The van der Waals surface area contributed by atoms with Crippen LogP contribution in [0.4, 0.5) is 11.4 Å². The van der Waals surface area contributed by atoms with Crippen LogP contribution in [-0.4, -0.2) is 50.0 Å². The van der Waals surface area contributed by atoms with Gasteiger partial charge in [0.1, 0.15) is 0 Å². The molecule has 0 radical (unpaired) electrons. The van der Waals surface area contributed by atoms with Gasteiger partial charge in [0.2, 0.25) is 5.75 Å². The summed E-state index contributed by atoms with van der Waals surface area (Å²) in [6, 6.07) is 0.520. The molecule has 0 unspecified atom stereocenters. The minimum absolute atomic E-state index is 0.0559. The van der Waals surface area contributed by atoms with Gasteiger partial charge in [-0.1, -0.05) is 97.8 Å². The van der Waals surface area contributed by atoms with Crippen molar-refractivity contribution in [3.05, 3.63) is 60.0 Å². The van der Waals surface area contributed by atoms with Crippen molar-refractivity contribution in [1.29, 1.82) is 0 Å². The standard InChI is InChI=1S/C37H57N3O9/c1-9-10-11-12-13-14-15-16-17-18-19-20-21-22-28-29(39(45)46)23-30(40(47)48)34(49-8)33(28)37(24(2)3)31(35(41)42)26(6)38(25(4)5)27(7)32(37)36(43)44/h23-25H,9-22H2,1-8H3,(H,41,42)(H,43,44). The first-order chi connectivity index (χ1) is 23.1. The number of carboxylic acids is 2. The summed E-state index contributed by atoms with van der Waals surface area (Å²) in [5, 5.41) is 46.7. The van der Waals surface area contributed by atoms with E-state index >= 15 is 0 Å². The molecule has 12 heteroatoms. The highest BCUT2D eigenvalue weighted by molar-refractivity contribution is 6.02. The summed E-state index contributed by atoms with van der Waals surface area (Å²) in [7, 11) is 1.18. The second-order valence-electron chi connectivity index (χ2n) is 13.8. The van der Waals surface area contributed by atoms with Gasteiger partial charge in [0.05, 0.1) is 39.6 Å². The van der Waals surface area contributed by atoms with Gasteiger partial charge < -0.3 is 19.8 Å². The number of nitro groups is 2. The fraction of sp³-hybridized carbons (Fsp3) is 0.676. The van der Waals surface area contributed by atoms with E-state index in [0.717, 1.165) is 38.2 Å². The summed E-state index contributed by atoms with van der Waals surface area (Å²) in [6.45, 7) is 12.2. The highest BCUT2D eigenvalue weighted by Gasteiger charge is 2.58. The van der Waals surface area contributed by atoms with Gasteiger partial charge in [0, 0.05) is 28.6 Å². The van der Waals surface area contributed by atoms with E-state index in [2.05, 4.69) is 6.92 Å². The average molecular weight is 688 g/mol. The topological polar surface area (TPSA) is 173 Å². The molecule has 1 heterocycles. The number of carbonyl (C=O) groups is 2. The van der Waals surface area contributed by atoms with Crippen LogP contribution in [0.15, 0.2) is 28.6 Å². The van der Waals surface area contributed by atoms with Crippen LogP contribution in [-0.2, 0) is 21.4 Å². The number of nitro benzene ring substituents is 2. The van der Waals surface area contributed by atoms with Crippen molar-refractivity contribution in [3.63, 3.8) is 0 Å². The van der Waals surface area contributed by atoms with Gasteiger partial charge in [0.25, 0.3) is 5.69 Å².